The molecule has 0 spiro atoms. The molecule has 1 aliphatic heterocycles. The van der Waals surface area contributed by atoms with E-state index in [2.05, 4.69) is 203 Å². The fourth-order valence-corrected chi connectivity index (χ4v) is 10.1. The lowest BCUT2D eigenvalue weighted by molar-refractivity contribution is 0.203. The fourth-order valence-electron chi connectivity index (χ4n) is 9.01. The maximum atomic E-state index is 6.73. The van der Waals surface area contributed by atoms with Gasteiger partial charge in [-0.25, -0.2) is 0 Å². The van der Waals surface area contributed by atoms with Crippen LogP contribution in [0.3, 0.4) is 0 Å². The zero-order valence-corrected chi connectivity index (χ0v) is 31.6. The van der Waals surface area contributed by atoms with Crippen LogP contribution in [-0.2, 0) is 0 Å². The smallest absolute Gasteiger partial charge is 0.141 e. The zero-order chi connectivity index (χ0) is 37.5. The maximum Gasteiger partial charge on any atom is 0.141 e. The summed E-state index contributed by atoms with van der Waals surface area (Å²) >= 11 is 1.86. The second kappa shape index (κ2) is 13.0. The van der Waals surface area contributed by atoms with E-state index in [0.717, 1.165) is 27.5 Å². The van der Waals surface area contributed by atoms with E-state index in [-0.39, 0.29) is 18.5 Å². The number of rotatable bonds is 5. The van der Waals surface area contributed by atoms with E-state index in [9.17, 15) is 0 Å². The fraction of sp³-hybridized carbons (Fsp3) is 0.0588. The third-order valence-corrected chi connectivity index (χ3v) is 12.9. The molecule has 272 valence electrons. The highest BCUT2D eigenvalue weighted by Crippen LogP contribution is 2.41. The molecule has 6 heteroatoms. The Bertz CT molecular complexity index is 3210. The molecule has 0 bridgehead atoms. The van der Waals surface area contributed by atoms with Crippen molar-refractivity contribution in [3.63, 3.8) is 0 Å². The Balaban J connectivity index is 0.942. The summed E-state index contributed by atoms with van der Waals surface area (Å²) in [5.41, 5.74) is 11.2. The molecule has 5 nitrogen and oxygen atoms in total. The third-order valence-electron chi connectivity index (χ3n) is 11.7. The number of benzene rings is 8. The Labute approximate surface area is 332 Å². The highest BCUT2D eigenvalue weighted by atomic mass is 32.1. The predicted octanol–water partition coefficient (Wildman–Crippen LogP) is 12.9. The summed E-state index contributed by atoms with van der Waals surface area (Å²) < 4.78 is 11.7. The minimum absolute atomic E-state index is 0.0601. The first-order valence-electron chi connectivity index (χ1n) is 19.5. The first kappa shape index (κ1) is 32.7. The minimum atomic E-state index is -0.160. The molecule has 0 amide bonds. The molecule has 3 aromatic heterocycles. The van der Waals surface area contributed by atoms with Gasteiger partial charge in [0.15, 0.2) is 0 Å². The summed E-state index contributed by atoms with van der Waals surface area (Å²) in [5.74, 6) is 0. The average molecular weight is 753 g/mol. The van der Waals surface area contributed by atoms with Crippen molar-refractivity contribution < 1.29 is 4.42 Å². The SMILES string of the molecule is c1ccc(C2NC(c3ccccc3)NC(c3cccc4c3oc3ccc(-c5ccc6sc7ccc(-n8c9ccccc9c9ccccc98)cc7c6c5)cc34)N2)cc1. The third kappa shape index (κ3) is 5.34. The van der Waals surface area contributed by atoms with Crippen molar-refractivity contribution in [2.24, 2.45) is 0 Å². The van der Waals surface area contributed by atoms with Crippen molar-refractivity contribution in [3.8, 4) is 16.8 Å². The van der Waals surface area contributed by atoms with E-state index in [4.69, 9.17) is 4.42 Å². The van der Waals surface area contributed by atoms with Crippen LogP contribution in [-0.4, -0.2) is 4.57 Å². The van der Waals surface area contributed by atoms with Gasteiger partial charge in [-0.1, -0.05) is 127 Å². The lowest BCUT2D eigenvalue weighted by Crippen LogP contribution is -2.54. The van der Waals surface area contributed by atoms with Crippen LogP contribution in [0.4, 0.5) is 0 Å². The van der Waals surface area contributed by atoms with Gasteiger partial charge in [0, 0.05) is 53.0 Å². The van der Waals surface area contributed by atoms with Gasteiger partial charge in [0.2, 0.25) is 0 Å². The van der Waals surface area contributed by atoms with Crippen molar-refractivity contribution in [3.05, 3.63) is 199 Å². The average Bonchev–Trinajstić information content (AvgIpc) is 3.95. The molecule has 8 aromatic carbocycles. The predicted molar refractivity (Wildman–Crippen MR) is 237 cm³/mol. The molecule has 11 aromatic rings. The van der Waals surface area contributed by atoms with Crippen LogP contribution in [0, 0.1) is 0 Å². The number of thiophene rings is 1. The van der Waals surface area contributed by atoms with E-state index >= 15 is 0 Å². The van der Waals surface area contributed by atoms with Gasteiger partial charge in [-0.3, -0.25) is 16.0 Å². The second-order valence-electron chi connectivity index (χ2n) is 15.0. The topological polar surface area (TPSA) is 54.2 Å². The highest BCUT2D eigenvalue weighted by Gasteiger charge is 2.31. The molecule has 1 fully saturated rings. The molecular weight excluding hydrogens is 717 g/mol. The van der Waals surface area contributed by atoms with Gasteiger partial charge in [0.05, 0.1) is 29.5 Å². The lowest BCUT2D eigenvalue weighted by Gasteiger charge is -2.39. The summed E-state index contributed by atoms with van der Waals surface area (Å²) in [5, 5.41) is 18.8. The summed E-state index contributed by atoms with van der Waals surface area (Å²) in [6.45, 7) is 0. The summed E-state index contributed by atoms with van der Waals surface area (Å²) in [7, 11) is 0. The Kier molecular flexibility index (Phi) is 7.46. The van der Waals surface area contributed by atoms with Crippen molar-refractivity contribution in [1.82, 2.24) is 20.5 Å². The molecule has 0 radical (unpaired) electrons. The number of nitrogens with zero attached hydrogens (tertiary/aromatic N) is 1. The van der Waals surface area contributed by atoms with E-state index in [1.54, 1.807) is 0 Å². The Morgan fingerprint density at radius 3 is 1.65 bits per heavy atom. The zero-order valence-electron chi connectivity index (χ0n) is 30.8. The Morgan fingerprint density at radius 1 is 0.421 bits per heavy atom. The van der Waals surface area contributed by atoms with Gasteiger partial charge in [-0.15, -0.1) is 11.3 Å². The van der Waals surface area contributed by atoms with E-state index in [1.165, 1.54) is 69.9 Å². The normalized spacial score (nSPS) is 17.4. The molecule has 4 heterocycles. The van der Waals surface area contributed by atoms with E-state index < -0.39 is 0 Å². The first-order chi connectivity index (χ1) is 28.2. The summed E-state index contributed by atoms with van der Waals surface area (Å²) in [6.07, 6.45) is -0.280. The van der Waals surface area contributed by atoms with Gasteiger partial charge >= 0.3 is 0 Å². The van der Waals surface area contributed by atoms with Crippen molar-refractivity contribution in [2.75, 3.05) is 0 Å². The van der Waals surface area contributed by atoms with Gasteiger partial charge < -0.3 is 8.98 Å². The van der Waals surface area contributed by atoms with Gasteiger partial charge in [-0.2, -0.15) is 0 Å². The van der Waals surface area contributed by atoms with E-state index in [1.807, 2.05) is 11.3 Å². The molecule has 1 saturated heterocycles. The largest absolute Gasteiger partial charge is 0.456 e. The molecule has 2 unspecified atom stereocenters. The monoisotopic (exact) mass is 752 g/mol. The van der Waals surface area contributed by atoms with Crippen LogP contribution >= 0.6 is 11.3 Å². The molecule has 3 N–H and O–H groups in total. The Hall–Kier alpha value is -6.54. The van der Waals surface area contributed by atoms with Crippen molar-refractivity contribution in [2.45, 2.75) is 18.5 Å². The number of para-hydroxylation sites is 3. The quantitative estimate of drug-likeness (QED) is 0.164. The van der Waals surface area contributed by atoms with Gasteiger partial charge in [-0.05, 0) is 76.9 Å². The number of hydrogen-bond donors (Lipinski definition) is 3. The summed E-state index contributed by atoms with van der Waals surface area (Å²) in [4.78, 5) is 0. The van der Waals surface area contributed by atoms with Crippen LogP contribution < -0.4 is 16.0 Å². The first-order valence-corrected chi connectivity index (χ1v) is 20.3. The molecule has 0 aliphatic carbocycles. The number of aromatic nitrogens is 1. The lowest BCUT2D eigenvalue weighted by atomic mass is 9.99. The highest BCUT2D eigenvalue weighted by molar-refractivity contribution is 7.25. The number of furan rings is 1. The standard InChI is InChI=1S/C51H36N4OS/c1-3-12-31(13-4-1)49-52-50(32-14-5-2-6-15-32)54-51(53-49)39-19-11-18-38-40-28-33(22-25-45(40)56-48(38)39)34-23-26-46-41(29-34)42-30-35(24-27-47(42)57-46)55-43-20-9-7-16-36(43)37-17-8-10-21-44(37)55/h1-30,49-54H. The van der Waals surface area contributed by atoms with Gasteiger partial charge in [0.25, 0.3) is 0 Å². The summed E-state index contributed by atoms with van der Waals surface area (Å²) in [6, 6.07) is 65.6. The number of nitrogens with one attached hydrogen (secondary N) is 3. The van der Waals surface area contributed by atoms with Crippen LogP contribution in [0.2, 0.25) is 0 Å². The van der Waals surface area contributed by atoms with Crippen LogP contribution in [0.5, 0.6) is 0 Å². The van der Waals surface area contributed by atoms with E-state index in [0.29, 0.717) is 0 Å². The molecule has 0 saturated carbocycles. The molecule has 57 heavy (non-hydrogen) atoms. The molecule has 12 rings (SSSR count). The van der Waals surface area contributed by atoms with Crippen LogP contribution in [0.1, 0.15) is 35.2 Å². The van der Waals surface area contributed by atoms with Crippen molar-refractivity contribution >= 4 is 75.3 Å². The van der Waals surface area contributed by atoms with Crippen LogP contribution in [0.15, 0.2) is 186 Å². The number of fused-ring (bicyclic) bond motifs is 9. The Morgan fingerprint density at radius 2 is 0.965 bits per heavy atom. The number of hydrogen-bond acceptors (Lipinski definition) is 5. The minimum Gasteiger partial charge on any atom is -0.456 e. The molecule has 1 aliphatic rings. The molecular formula is C51H36N4OS. The van der Waals surface area contributed by atoms with Gasteiger partial charge in [0.1, 0.15) is 11.2 Å². The second-order valence-corrected chi connectivity index (χ2v) is 16.1. The van der Waals surface area contributed by atoms with Crippen LogP contribution in [0.25, 0.3) is 80.7 Å². The van der Waals surface area contributed by atoms with Crippen molar-refractivity contribution in [1.29, 1.82) is 0 Å². The maximum absolute atomic E-state index is 6.73. The molecule has 2 atom stereocenters.